The van der Waals surface area contributed by atoms with Crippen LogP contribution in [0.3, 0.4) is 0 Å². The number of alkyl halides is 2. The summed E-state index contributed by atoms with van der Waals surface area (Å²) in [6.07, 6.45) is 6.40. The van der Waals surface area contributed by atoms with Crippen molar-refractivity contribution in [1.29, 1.82) is 0 Å². The van der Waals surface area contributed by atoms with Crippen molar-refractivity contribution >= 4 is 5.57 Å². The molecule has 4 rings (SSSR count). The van der Waals surface area contributed by atoms with Crippen molar-refractivity contribution in [1.82, 2.24) is 35.5 Å². The van der Waals surface area contributed by atoms with E-state index < -0.39 is 12.3 Å². The molecule has 0 saturated carbocycles. The number of nitrogens with one attached hydrogen (secondary N) is 1. The van der Waals surface area contributed by atoms with E-state index in [-0.39, 0.29) is 5.89 Å². The van der Waals surface area contributed by atoms with Gasteiger partial charge in [-0.05, 0) is 12.1 Å². The molecule has 8 nitrogen and oxygen atoms in total. The van der Waals surface area contributed by atoms with Crippen molar-refractivity contribution < 1.29 is 13.2 Å². The van der Waals surface area contributed by atoms with Crippen molar-refractivity contribution in [3.63, 3.8) is 0 Å². The minimum absolute atomic E-state index is 0.00548. The predicted octanol–water partition coefficient (Wildman–Crippen LogP) is 2.21. The van der Waals surface area contributed by atoms with E-state index >= 15 is 0 Å². The largest absolute Gasteiger partial charge is 0.415 e. The van der Waals surface area contributed by atoms with Gasteiger partial charge in [-0.3, -0.25) is 4.98 Å². The number of hydrogen-bond acceptors (Lipinski definition) is 7. The molecule has 4 heterocycles. The molecule has 10 heteroatoms. The molecule has 132 valence electrons. The van der Waals surface area contributed by atoms with Crippen LogP contribution >= 0.6 is 0 Å². The highest BCUT2D eigenvalue weighted by Gasteiger charge is 2.17. The average molecular weight is 357 g/mol. The van der Waals surface area contributed by atoms with Crippen molar-refractivity contribution in [2.24, 2.45) is 0 Å². The molecule has 3 aromatic heterocycles. The molecule has 0 aliphatic carbocycles. The summed E-state index contributed by atoms with van der Waals surface area (Å²) in [4.78, 5) is 4.28. The number of rotatable bonds is 5. The number of dihydropyridines is 1. The predicted molar refractivity (Wildman–Crippen MR) is 86.7 cm³/mol. The van der Waals surface area contributed by atoms with E-state index in [0.717, 1.165) is 23.5 Å². The minimum atomic E-state index is -2.80. The van der Waals surface area contributed by atoms with Crippen molar-refractivity contribution in [3.05, 3.63) is 60.2 Å². The topological polar surface area (TPSA) is 94.6 Å². The normalized spacial score (nSPS) is 13.7. The fourth-order valence-corrected chi connectivity index (χ4v) is 2.39. The second-order valence-corrected chi connectivity index (χ2v) is 5.50. The van der Waals surface area contributed by atoms with E-state index in [9.17, 15) is 8.78 Å². The Morgan fingerprint density at radius 1 is 1.23 bits per heavy atom. The van der Waals surface area contributed by atoms with Gasteiger partial charge in [0.05, 0.1) is 24.0 Å². The number of hydrogen-bond donors (Lipinski definition) is 1. The van der Waals surface area contributed by atoms with Crippen LogP contribution in [0.15, 0.2) is 47.3 Å². The van der Waals surface area contributed by atoms with Crippen LogP contribution in [0.2, 0.25) is 0 Å². The lowest BCUT2D eigenvalue weighted by Gasteiger charge is -2.04. The van der Waals surface area contributed by atoms with E-state index in [1.54, 1.807) is 16.8 Å². The molecular formula is C16H13F2N7O. The average Bonchev–Trinajstić information content (AvgIpc) is 3.33. The molecule has 0 spiro atoms. The van der Waals surface area contributed by atoms with Crippen molar-refractivity contribution in [3.8, 4) is 11.5 Å². The third kappa shape index (κ3) is 3.34. The minimum Gasteiger partial charge on any atom is -0.415 e. The molecule has 0 amide bonds. The lowest BCUT2D eigenvalue weighted by molar-refractivity contribution is 0.116. The molecule has 0 unspecified atom stereocenters. The fraction of sp³-hybridized carbons (Fsp3) is 0.188. The van der Waals surface area contributed by atoms with Crippen LogP contribution in [0.4, 0.5) is 8.78 Å². The summed E-state index contributed by atoms with van der Waals surface area (Å²) in [5.74, 6) is -0.703. The Hall–Kier alpha value is -3.43. The zero-order valence-electron chi connectivity index (χ0n) is 13.4. The standard InChI is InChI=1S/C16H13F2N7O/c17-14(18)16-23-22-15(26-16)11-3-4-12(20-7-11)8-25-9-13(21-24-25)10-2-1-5-19-6-10/h1-4,6-7,9,14,19H,5,8H2. The van der Waals surface area contributed by atoms with E-state index in [1.165, 1.54) is 6.20 Å². The number of pyridine rings is 1. The maximum absolute atomic E-state index is 12.5. The zero-order valence-corrected chi connectivity index (χ0v) is 13.4. The number of halogens is 2. The summed E-state index contributed by atoms with van der Waals surface area (Å²) in [5, 5.41) is 18.2. The van der Waals surface area contributed by atoms with Gasteiger partial charge in [0, 0.05) is 24.5 Å². The quantitative estimate of drug-likeness (QED) is 0.748. The Morgan fingerprint density at radius 3 is 2.85 bits per heavy atom. The molecular weight excluding hydrogens is 344 g/mol. The maximum Gasteiger partial charge on any atom is 0.314 e. The summed E-state index contributed by atoms with van der Waals surface area (Å²) in [6, 6.07) is 3.42. The first-order chi connectivity index (χ1) is 12.7. The second kappa shape index (κ2) is 6.82. The maximum atomic E-state index is 12.5. The second-order valence-electron chi connectivity index (χ2n) is 5.50. The fourth-order valence-electron chi connectivity index (χ4n) is 2.39. The van der Waals surface area contributed by atoms with E-state index in [0.29, 0.717) is 12.1 Å². The van der Waals surface area contributed by atoms with Gasteiger partial charge in [-0.25, -0.2) is 4.68 Å². The van der Waals surface area contributed by atoms with E-state index in [2.05, 4.69) is 30.8 Å². The third-order valence-electron chi connectivity index (χ3n) is 3.65. The molecule has 0 radical (unpaired) electrons. The van der Waals surface area contributed by atoms with Gasteiger partial charge in [0.15, 0.2) is 0 Å². The molecule has 1 aliphatic rings. The lowest BCUT2D eigenvalue weighted by atomic mass is 10.2. The molecule has 26 heavy (non-hydrogen) atoms. The highest BCUT2D eigenvalue weighted by atomic mass is 19.3. The van der Waals surface area contributed by atoms with Crippen LogP contribution in [0.5, 0.6) is 0 Å². The van der Waals surface area contributed by atoms with Gasteiger partial charge in [0.2, 0.25) is 5.89 Å². The Balaban J connectivity index is 1.46. The Morgan fingerprint density at radius 2 is 2.15 bits per heavy atom. The molecule has 0 atom stereocenters. The Bertz CT molecular complexity index is 959. The summed E-state index contributed by atoms with van der Waals surface area (Å²) < 4.78 is 31.6. The van der Waals surface area contributed by atoms with E-state index in [1.807, 2.05) is 24.5 Å². The van der Waals surface area contributed by atoms with Gasteiger partial charge in [0.1, 0.15) is 5.69 Å². The highest BCUT2D eigenvalue weighted by Crippen LogP contribution is 2.22. The van der Waals surface area contributed by atoms with Crippen LogP contribution in [0, 0.1) is 0 Å². The molecule has 0 aromatic carbocycles. The molecule has 0 bridgehead atoms. The zero-order chi connectivity index (χ0) is 17.9. The smallest absolute Gasteiger partial charge is 0.314 e. The number of nitrogens with zero attached hydrogens (tertiary/aromatic N) is 6. The van der Waals surface area contributed by atoms with Crippen LogP contribution in [0.1, 0.15) is 23.7 Å². The summed E-state index contributed by atoms with van der Waals surface area (Å²) >= 11 is 0. The van der Waals surface area contributed by atoms with Crippen LogP contribution < -0.4 is 5.32 Å². The SMILES string of the molecule is FC(F)c1nnc(-c2ccc(Cn3cc(C4=CNCC=C4)nn3)nc2)o1. The van der Waals surface area contributed by atoms with Gasteiger partial charge < -0.3 is 9.73 Å². The first kappa shape index (κ1) is 16.1. The molecule has 0 saturated heterocycles. The first-order valence-corrected chi connectivity index (χ1v) is 7.76. The Labute approximate surface area is 146 Å². The third-order valence-corrected chi connectivity index (χ3v) is 3.65. The first-order valence-electron chi connectivity index (χ1n) is 7.76. The molecule has 0 fully saturated rings. The van der Waals surface area contributed by atoms with Crippen LogP contribution in [-0.4, -0.2) is 36.7 Å². The monoisotopic (exact) mass is 357 g/mol. The van der Waals surface area contributed by atoms with Gasteiger partial charge in [0.25, 0.3) is 5.89 Å². The van der Waals surface area contributed by atoms with Gasteiger partial charge >= 0.3 is 6.43 Å². The van der Waals surface area contributed by atoms with Gasteiger partial charge in [-0.15, -0.1) is 15.3 Å². The summed E-state index contributed by atoms with van der Waals surface area (Å²) in [6.45, 7) is 1.22. The van der Waals surface area contributed by atoms with Crippen molar-refractivity contribution in [2.75, 3.05) is 6.54 Å². The van der Waals surface area contributed by atoms with Gasteiger partial charge in [-0.2, -0.15) is 8.78 Å². The summed E-state index contributed by atoms with van der Waals surface area (Å²) in [7, 11) is 0. The molecule has 3 aromatic rings. The Kier molecular flexibility index (Phi) is 4.22. The highest BCUT2D eigenvalue weighted by molar-refractivity contribution is 5.71. The van der Waals surface area contributed by atoms with Crippen molar-refractivity contribution in [2.45, 2.75) is 13.0 Å². The molecule has 1 aliphatic heterocycles. The van der Waals surface area contributed by atoms with Crippen LogP contribution in [-0.2, 0) is 6.54 Å². The number of allylic oxidation sites excluding steroid dienone is 2. The number of aromatic nitrogens is 6. The van der Waals surface area contributed by atoms with Gasteiger partial charge in [-0.1, -0.05) is 17.4 Å². The van der Waals surface area contributed by atoms with Crippen LogP contribution in [0.25, 0.3) is 17.0 Å². The lowest BCUT2D eigenvalue weighted by Crippen LogP contribution is -2.08. The summed E-state index contributed by atoms with van der Waals surface area (Å²) in [5.41, 5.74) is 2.91. The van der Waals surface area contributed by atoms with E-state index in [4.69, 9.17) is 4.42 Å². The molecule has 1 N–H and O–H groups in total.